The number of carbonyl (C=O) groups excluding carboxylic acids is 2. The zero-order valence-electron chi connectivity index (χ0n) is 14.7. The number of anilines is 2. The maximum Gasteiger partial charge on any atom is 0.471 e. The number of aryl methyl sites for hydroxylation is 1. The third kappa shape index (κ3) is 4.34. The van der Waals surface area contributed by atoms with Gasteiger partial charge in [0.05, 0.1) is 17.2 Å². The van der Waals surface area contributed by atoms with Crippen molar-refractivity contribution in [3.8, 4) is 6.07 Å². The molecule has 0 spiro atoms. The van der Waals surface area contributed by atoms with Crippen molar-refractivity contribution in [3.63, 3.8) is 0 Å². The van der Waals surface area contributed by atoms with Crippen molar-refractivity contribution in [2.75, 3.05) is 10.6 Å². The van der Waals surface area contributed by atoms with Gasteiger partial charge in [0, 0.05) is 10.6 Å². The Morgan fingerprint density at radius 1 is 1.04 bits per heavy atom. The Kier molecular flexibility index (Phi) is 5.70. The second kappa shape index (κ2) is 8.02. The van der Waals surface area contributed by atoms with Crippen LogP contribution in [0.1, 0.15) is 45.6 Å². The predicted octanol–water partition coefficient (Wildman–Crippen LogP) is 4.64. The monoisotopic (exact) mass is 407 g/mol. The molecule has 2 N–H and O–H groups in total. The average molecular weight is 407 g/mol. The summed E-state index contributed by atoms with van der Waals surface area (Å²) in [5, 5.41) is 13.3. The van der Waals surface area contributed by atoms with E-state index in [-0.39, 0.29) is 10.6 Å². The molecule has 1 aliphatic rings. The van der Waals surface area contributed by atoms with Gasteiger partial charge in [-0.05, 0) is 55.5 Å². The molecule has 0 fully saturated rings. The topological polar surface area (TPSA) is 82.0 Å². The van der Waals surface area contributed by atoms with Crippen LogP contribution in [0.15, 0.2) is 24.3 Å². The summed E-state index contributed by atoms with van der Waals surface area (Å²) in [7, 11) is 0. The summed E-state index contributed by atoms with van der Waals surface area (Å²) < 4.78 is 38.1. The van der Waals surface area contributed by atoms with Crippen LogP contribution in [-0.2, 0) is 17.6 Å². The number of alkyl halides is 3. The number of carbonyl (C=O) groups is 2. The van der Waals surface area contributed by atoms with Gasteiger partial charge in [0.25, 0.3) is 5.91 Å². The molecule has 2 amide bonds. The molecule has 3 rings (SSSR count). The first-order valence-corrected chi connectivity index (χ1v) is 9.45. The zero-order valence-corrected chi connectivity index (χ0v) is 15.5. The lowest BCUT2D eigenvalue weighted by molar-refractivity contribution is -0.167. The number of benzene rings is 1. The number of nitriles is 1. The van der Waals surface area contributed by atoms with Crippen molar-refractivity contribution < 1.29 is 22.8 Å². The molecule has 0 unspecified atom stereocenters. The lowest BCUT2D eigenvalue weighted by Crippen LogP contribution is -2.30. The molecule has 1 aliphatic carbocycles. The van der Waals surface area contributed by atoms with E-state index in [4.69, 9.17) is 5.26 Å². The highest BCUT2D eigenvalue weighted by molar-refractivity contribution is 7.17. The Morgan fingerprint density at radius 2 is 1.71 bits per heavy atom. The van der Waals surface area contributed by atoms with Gasteiger partial charge in [-0.3, -0.25) is 9.59 Å². The van der Waals surface area contributed by atoms with Gasteiger partial charge in [-0.1, -0.05) is 6.42 Å². The number of thiophene rings is 1. The number of amides is 2. The van der Waals surface area contributed by atoms with E-state index in [9.17, 15) is 22.8 Å². The van der Waals surface area contributed by atoms with Crippen molar-refractivity contribution >= 4 is 33.8 Å². The SMILES string of the molecule is N#Cc1ccc(NC(=O)c2c(NC(=O)C(F)(F)F)sc3c2CCCCC3)cc1. The van der Waals surface area contributed by atoms with Crippen LogP contribution in [0, 0.1) is 11.3 Å². The summed E-state index contributed by atoms with van der Waals surface area (Å²) in [4.78, 5) is 25.1. The molecule has 0 saturated heterocycles. The lowest BCUT2D eigenvalue weighted by atomic mass is 10.0. The normalized spacial score (nSPS) is 13.8. The summed E-state index contributed by atoms with van der Waals surface area (Å²) in [6.07, 6.45) is -1.11. The molecule has 5 nitrogen and oxygen atoms in total. The van der Waals surface area contributed by atoms with E-state index in [2.05, 4.69) is 5.32 Å². The number of rotatable bonds is 3. The fourth-order valence-electron chi connectivity index (χ4n) is 3.07. The predicted molar refractivity (Wildman–Crippen MR) is 99.4 cm³/mol. The van der Waals surface area contributed by atoms with Gasteiger partial charge in [-0.2, -0.15) is 18.4 Å². The molecule has 0 aliphatic heterocycles. The van der Waals surface area contributed by atoms with Crippen molar-refractivity contribution in [3.05, 3.63) is 45.8 Å². The Labute approximate surface area is 163 Å². The van der Waals surface area contributed by atoms with Crippen LogP contribution in [-0.4, -0.2) is 18.0 Å². The fraction of sp³-hybridized carbons (Fsp3) is 0.316. The van der Waals surface area contributed by atoms with Gasteiger partial charge in [0.2, 0.25) is 0 Å². The molecule has 2 aromatic rings. The number of nitrogens with one attached hydrogen (secondary N) is 2. The third-order valence-corrected chi connectivity index (χ3v) is 5.61. The van der Waals surface area contributed by atoms with E-state index in [0.29, 0.717) is 29.7 Å². The molecule has 1 aromatic carbocycles. The van der Waals surface area contributed by atoms with Gasteiger partial charge < -0.3 is 10.6 Å². The van der Waals surface area contributed by atoms with Gasteiger partial charge >= 0.3 is 12.1 Å². The number of nitrogens with zero attached hydrogens (tertiary/aromatic N) is 1. The number of fused-ring (bicyclic) bond motifs is 1. The first-order chi connectivity index (χ1) is 13.3. The van der Waals surface area contributed by atoms with Gasteiger partial charge in [-0.15, -0.1) is 11.3 Å². The molecule has 0 bridgehead atoms. The second-order valence-electron chi connectivity index (χ2n) is 6.36. The van der Waals surface area contributed by atoms with Crippen molar-refractivity contribution in [1.29, 1.82) is 5.26 Å². The van der Waals surface area contributed by atoms with Crippen LogP contribution in [0.25, 0.3) is 0 Å². The first kappa shape index (κ1) is 19.9. The summed E-state index contributed by atoms with van der Waals surface area (Å²) >= 11 is 1.03. The maximum absolute atomic E-state index is 12.9. The summed E-state index contributed by atoms with van der Waals surface area (Å²) in [6, 6.07) is 8.08. The standard InChI is InChI=1S/C19H16F3N3O2S/c20-19(21,22)18(27)25-17-15(13-4-2-1-3-5-14(13)28-17)16(26)24-12-8-6-11(10-23)7-9-12/h6-9H,1-5H2,(H,24,26)(H,25,27). The van der Waals surface area contributed by atoms with Crippen LogP contribution < -0.4 is 10.6 Å². The Bertz CT molecular complexity index is 943. The van der Waals surface area contributed by atoms with Crippen LogP contribution in [0.5, 0.6) is 0 Å². The van der Waals surface area contributed by atoms with Crippen LogP contribution >= 0.6 is 11.3 Å². The molecule has 0 radical (unpaired) electrons. The minimum Gasteiger partial charge on any atom is -0.322 e. The molecule has 0 atom stereocenters. The van der Waals surface area contributed by atoms with E-state index in [1.54, 1.807) is 0 Å². The van der Waals surface area contributed by atoms with Crippen molar-refractivity contribution in [1.82, 2.24) is 0 Å². The Morgan fingerprint density at radius 3 is 2.36 bits per heavy atom. The smallest absolute Gasteiger partial charge is 0.322 e. The minimum absolute atomic E-state index is 0.0830. The third-order valence-electron chi connectivity index (χ3n) is 4.40. The van der Waals surface area contributed by atoms with Crippen LogP contribution in [0.3, 0.4) is 0 Å². The molecule has 1 aromatic heterocycles. The Hall–Kier alpha value is -2.86. The summed E-state index contributed by atoms with van der Waals surface area (Å²) in [6.45, 7) is 0. The average Bonchev–Trinajstić information content (AvgIpc) is 2.82. The molecule has 146 valence electrons. The van der Waals surface area contributed by atoms with E-state index in [0.717, 1.165) is 35.5 Å². The number of hydrogen-bond acceptors (Lipinski definition) is 4. The lowest BCUT2D eigenvalue weighted by Gasteiger charge is -2.11. The van der Waals surface area contributed by atoms with Crippen molar-refractivity contribution in [2.45, 2.75) is 38.3 Å². The first-order valence-electron chi connectivity index (χ1n) is 8.64. The highest BCUT2D eigenvalue weighted by atomic mass is 32.1. The van der Waals surface area contributed by atoms with Gasteiger partial charge in [0.15, 0.2) is 0 Å². The molecule has 1 heterocycles. The second-order valence-corrected chi connectivity index (χ2v) is 7.47. The quantitative estimate of drug-likeness (QED) is 0.727. The minimum atomic E-state index is -5.04. The number of halogens is 3. The Balaban J connectivity index is 1.94. The maximum atomic E-state index is 12.9. The highest BCUT2D eigenvalue weighted by Gasteiger charge is 2.40. The molecule has 0 saturated carbocycles. The fourth-order valence-corrected chi connectivity index (χ4v) is 4.35. The summed E-state index contributed by atoms with van der Waals surface area (Å²) in [5.41, 5.74) is 1.61. The largest absolute Gasteiger partial charge is 0.471 e. The molecule has 28 heavy (non-hydrogen) atoms. The van der Waals surface area contributed by atoms with E-state index in [1.165, 1.54) is 24.3 Å². The van der Waals surface area contributed by atoms with Crippen molar-refractivity contribution in [2.24, 2.45) is 0 Å². The van der Waals surface area contributed by atoms with Gasteiger partial charge in [-0.25, -0.2) is 0 Å². The van der Waals surface area contributed by atoms with Crippen LogP contribution in [0.4, 0.5) is 23.9 Å². The number of hydrogen-bond donors (Lipinski definition) is 2. The van der Waals surface area contributed by atoms with Crippen LogP contribution in [0.2, 0.25) is 0 Å². The van der Waals surface area contributed by atoms with E-state index >= 15 is 0 Å². The van der Waals surface area contributed by atoms with E-state index < -0.39 is 18.0 Å². The molecular formula is C19H16F3N3O2S. The molecule has 9 heteroatoms. The van der Waals surface area contributed by atoms with E-state index in [1.807, 2.05) is 11.4 Å². The molecular weight excluding hydrogens is 391 g/mol. The highest BCUT2D eigenvalue weighted by Crippen LogP contribution is 2.38. The summed E-state index contributed by atoms with van der Waals surface area (Å²) in [5.74, 6) is -2.68. The zero-order chi connectivity index (χ0) is 20.3. The van der Waals surface area contributed by atoms with Gasteiger partial charge in [0.1, 0.15) is 5.00 Å².